The molecule has 0 atom stereocenters. The zero-order valence-corrected chi connectivity index (χ0v) is 10.5. The van der Waals surface area contributed by atoms with Crippen molar-refractivity contribution in [1.82, 2.24) is 5.32 Å². The third kappa shape index (κ3) is 5.35. The molecule has 1 amide bonds. The van der Waals surface area contributed by atoms with Gasteiger partial charge in [0.15, 0.2) is 0 Å². The van der Waals surface area contributed by atoms with E-state index in [1.165, 1.54) is 12.1 Å². The normalized spacial score (nSPS) is 11.2. The van der Waals surface area contributed by atoms with E-state index in [-0.39, 0.29) is 11.0 Å². The first kappa shape index (κ1) is 14.7. The molecule has 0 aliphatic rings. The van der Waals surface area contributed by atoms with Gasteiger partial charge in [0.05, 0.1) is 11.0 Å². The average Bonchev–Trinajstić information content (AvgIpc) is 2.27. The van der Waals surface area contributed by atoms with Crippen LogP contribution in [0.1, 0.15) is 0 Å². The summed E-state index contributed by atoms with van der Waals surface area (Å²) in [5.41, 5.74) is 0.304. The fraction of sp³-hybridized carbons (Fsp3) is 0.300. The molecule has 0 saturated carbocycles. The number of alkyl halides is 3. The zero-order chi connectivity index (χ0) is 13.8. The Bertz CT molecular complexity index is 436. The SMILES string of the molecule is O=C(CNc1ccc(Br)c(F)c1)NCC(F)(F)F. The van der Waals surface area contributed by atoms with Gasteiger partial charge in [0.1, 0.15) is 12.4 Å². The molecule has 1 rings (SSSR count). The maximum atomic E-state index is 13.1. The van der Waals surface area contributed by atoms with E-state index < -0.39 is 24.4 Å². The molecular weight excluding hydrogens is 320 g/mol. The van der Waals surface area contributed by atoms with Crippen molar-refractivity contribution in [2.24, 2.45) is 0 Å². The second-order valence-corrected chi connectivity index (χ2v) is 4.23. The van der Waals surface area contributed by atoms with Crippen molar-refractivity contribution in [3.63, 3.8) is 0 Å². The van der Waals surface area contributed by atoms with Gasteiger partial charge in [0, 0.05) is 5.69 Å². The summed E-state index contributed by atoms with van der Waals surface area (Å²) in [7, 11) is 0. The highest BCUT2D eigenvalue weighted by Gasteiger charge is 2.27. The Balaban J connectivity index is 2.40. The molecule has 0 heterocycles. The number of carbonyl (C=O) groups excluding carboxylic acids is 1. The fourth-order valence-electron chi connectivity index (χ4n) is 1.05. The predicted molar refractivity (Wildman–Crippen MR) is 61.7 cm³/mol. The first-order valence-corrected chi connectivity index (χ1v) is 5.59. The van der Waals surface area contributed by atoms with Gasteiger partial charge >= 0.3 is 6.18 Å². The lowest BCUT2D eigenvalue weighted by Crippen LogP contribution is -2.37. The molecule has 18 heavy (non-hydrogen) atoms. The zero-order valence-electron chi connectivity index (χ0n) is 8.94. The van der Waals surface area contributed by atoms with E-state index in [0.717, 1.165) is 6.07 Å². The number of rotatable bonds is 4. The van der Waals surface area contributed by atoms with Gasteiger partial charge in [-0.05, 0) is 34.1 Å². The topological polar surface area (TPSA) is 41.1 Å². The van der Waals surface area contributed by atoms with Gasteiger partial charge in [-0.15, -0.1) is 0 Å². The number of hydrogen-bond acceptors (Lipinski definition) is 2. The Labute approximate surface area is 109 Å². The summed E-state index contributed by atoms with van der Waals surface area (Å²) in [6, 6.07) is 4.04. The summed E-state index contributed by atoms with van der Waals surface area (Å²) in [5.74, 6) is -1.36. The van der Waals surface area contributed by atoms with Gasteiger partial charge in [0.25, 0.3) is 0 Å². The van der Waals surface area contributed by atoms with Crippen LogP contribution in [0.4, 0.5) is 23.2 Å². The van der Waals surface area contributed by atoms with E-state index in [1.54, 1.807) is 5.32 Å². The number of hydrogen-bond donors (Lipinski definition) is 2. The molecule has 0 aliphatic heterocycles. The maximum Gasteiger partial charge on any atom is 0.405 e. The molecule has 0 spiro atoms. The summed E-state index contributed by atoms with van der Waals surface area (Å²) in [6.07, 6.45) is -4.45. The van der Waals surface area contributed by atoms with Gasteiger partial charge in [-0.2, -0.15) is 13.2 Å². The van der Waals surface area contributed by atoms with Crippen molar-refractivity contribution >= 4 is 27.5 Å². The predicted octanol–water partition coefficient (Wildman–Crippen LogP) is 2.68. The van der Waals surface area contributed by atoms with Crippen LogP contribution in [0, 0.1) is 5.82 Å². The van der Waals surface area contributed by atoms with Gasteiger partial charge < -0.3 is 10.6 Å². The van der Waals surface area contributed by atoms with Crippen LogP contribution in [0.15, 0.2) is 22.7 Å². The molecule has 0 fully saturated rings. The van der Waals surface area contributed by atoms with E-state index in [0.29, 0.717) is 5.69 Å². The molecule has 2 N–H and O–H groups in total. The lowest BCUT2D eigenvalue weighted by atomic mass is 10.3. The van der Waals surface area contributed by atoms with Gasteiger partial charge in [0.2, 0.25) is 5.91 Å². The Morgan fingerprint density at radius 1 is 1.33 bits per heavy atom. The number of carbonyl (C=O) groups is 1. The lowest BCUT2D eigenvalue weighted by molar-refractivity contribution is -0.137. The largest absolute Gasteiger partial charge is 0.405 e. The van der Waals surface area contributed by atoms with Gasteiger partial charge in [-0.25, -0.2) is 4.39 Å². The molecule has 8 heteroatoms. The van der Waals surface area contributed by atoms with Crippen LogP contribution in [-0.4, -0.2) is 25.2 Å². The Kier molecular flexibility index (Phi) is 4.94. The van der Waals surface area contributed by atoms with Crippen LogP contribution in [0.25, 0.3) is 0 Å². The standard InChI is InChI=1S/C10H9BrF4N2O/c11-7-2-1-6(3-8(7)12)16-4-9(18)17-5-10(13,14)15/h1-3,16H,4-5H2,(H,17,18). The molecule has 0 aliphatic carbocycles. The van der Waals surface area contributed by atoms with Crippen LogP contribution >= 0.6 is 15.9 Å². The van der Waals surface area contributed by atoms with E-state index in [1.807, 2.05) is 0 Å². The Morgan fingerprint density at radius 3 is 2.56 bits per heavy atom. The molecule has 0 radical (unpaired) electrons. The summed E-state index contributed by atoms with van der Waals surface area (Å²) < 4.78 is 48.7. The van der Waals surface area contributed by atoms with E-state index >= 15 is 0 Å². The van der Waals surface area contributed by atoms with Crippen molar-refractivity contribution in [1.29, 1.82) is 0 Å². The highest BCUT2D eigenvalue weighted by Crippen LogP contribution is 2.19. The highest BCUT2D eigenvalue weighted by atomic mass is 79.9. The Hall–Kier alpha value is -1.31. The van der Waals surface area contributed by atoms with Crippen LogP contribution in [-0.2, 0) is 4.79 Å². The number of amides is 1. The number of halogens is 5. The highest BCUT2D eigenvalue weighted by molar-refractivity contribution is 9.10. The minimum absolute atomic E-state index is 0.259. The van der Waals surface area contributed by atoms with Crippen LogP contribution in [0.2, 0.25) is 0 Å². The van der Waals surface area contributed by atoms with Crippen LogP contribution in [0.3, 0.4) is 0 Å². The van der Waals surface area contributed by atoms with E-state index in [4.69, 9.17) is 0 Å². The van der Waals surface area contributed by atoms with Crippen molar-refractivity contribution < 1.29 is 22.4 Å². The number of benzene rings is 1. The maximum absolute atomic E-state index is 13.1. The van der Waals surface area contributed by atoms with Crippen LogP contribution < -0.4 is 10.6 Å². The van der Waals surface area contributed by atoms with Crippen molar-refractivity contribution in [2.45, 2.75) is 6.18 Å². The number of anilines is 1. The van der Waals surface area contributed by atoms with Crippen molar-refractivity contribution in [3.8, 4) is 0 Å². The molecule has 0 bridgehead atoms. The molecule has 0 saturated heterocycles. The molecule has 3 nitrogen and oxygen atoms in total. The lowest BCUT2D eigenvalue weighted by Gasteiger charge is -2.10. The summed E-state index contributed by atoms with van der Waals surface area (Å²) in [5, 5.41) is 4.20. The smallest absolute Gasteiger partial charge is 0.376 e. The van der Waals surface area contributed by atoms with Crippen molar-refractivity contribution in [2.75, 3.05) is 18.4 Å². The van der Waals surface area contributed by atoms with Gasteiger partial charge in [-0.1, -0.05) is 0 Å². The molecule has 100 valence electrons. The summed E-state index contributed by atoms with van der Waals surface area (Å²) in [6.45, 7) is -1.75. The molecular formula is C10H9BrF4N2O. The van der Waals surface area contributed by atoms with E-state index in [2.05, 4.69) is 21.2 Å². The fourth-order valence-corrected chi connectivity index (χ4v) is 1.30. The average molecular weight is 329 g/mol. The van der Waals surface area contributed by atoms with Gasteiger partial charge in [-0.3, -0.25) is 4.79 Å². The van der Waals surface area contributed by atoms with E-state index in [9.17, 15) is 22.4 Å². The minimum Gasteiger partial charge on any atom is -0.376 e. The third-order valence-electron chi connectivity index (χ3n) is 1.86. The third-order valence-corrected chi connectivity index (χ3v) is 2.50. The van der Waals surface area contributed by atoms with Crippen molar-refractivity contribution in [3.05, 3.63) is 28.5 Å². The van der Waals surface area contributed by atoms with Crippen LogP contribution in [0.5, 0.6) is 0 Å². The molecule has 1 aromatic carbocycles. The first-order valence-electron chi connectivity index (χ1n) is 4.80. The first-order chi connectivity index (χ1) is 8.28. The monoisotopic (exact) mass is 328 g/mol. The number of nitrogens with one attached hydrogen (secondary N) is 2. The second kappa shape index (κ2) is 6.03. The summed E-state index contributed by atoms with van der Waals surface area (Å²) >= 11 is 2.95. The Morgan fingerprint density at radius 2 is 2.00 bits per heavy atom. The molecule has 0 unspecified atom stereocenters. The quantitative estimate of drug-likeness (QED) is 0.834. The second-order valence-electron chi connectivity index (χ2n) is 3.37. The molecule has 0 aromatic heterocycles. The summed E-state index contributed by atoms with van der Waals surface area (Å²) in [4.78, 5) is 11.0. The molecule has 1 aromatic rings. The minimum atomic E-state index is -4.45.